The molecule has 0 aromatic heterocycles. The van der Waals surface area contributed by atoms with E-state index in [-0.39, 0.29) is 6.61 Å². The van der Waals surface area contributed by atoms with Gasteiger partial charge in [0.15, 0.2) is 0 Å². The van der Waals surface area contributed by atoms with Gasteiger partial charge in [-0.1, -0.05) is 12.8 Å². The summed E-state index contributed by atoms with van der Waals surface area (Å²) in [5.41, 5.74) is 0. The summed E-state index contributed by atoms with van der Waals surface area (Å²) in [6.45, 7) is 4.25. The van der Waals surface area contributed by atoms with Gasteiger partial charge < -0.3 is 14.6 Å². The van der Waals surface area contributed by atoms with Gasteiger partial charge in [0.25, 0.3) is 0 Å². The Labute approximate surface area is 105 Å². The van der Waals surface area contributed by atoms with Gasteiger partial charge in [0.2, 0.25) is 0 Å². The third-order valence-electron chi connectivity index (χ3n) is 3.39. The SMILES string of the molecule is COCCOCCCN(CCO)C1CCCC1. The molecule has 0 saturated heterocycles. The van der Waals surface area contributed by atoms with E-state index in [9.17, 15) is 0 Å². The van der Waals surface area contributed by atoms with E-state index in [2.05, 4.69) is 4.90 Å². The van der Waals surface area contributed by atoms with Crippen molar-refractivity contribution in [3.8, 4) is 0 Å². The van der Waals surface area contributed by atoms with E-state index < -0.39 is 0 Å². The van der Waals surface area contributed by atoms with Crippen LogP contribution in [0.5, 0.6) is 0 Å². The van der Waals surface area contributed by atoms with Crippen LogP contribution in [0.3, 0.4) is 0 Å². The lowest BCUT2D eigenvalue weighted by molar-refractivity contribution is 0.0608. The predicted molar refractivity (Wildman–Crippen MR) is 68.2 cm³/mol. The number of nitrogens with zero attached hydrogens (tertiary/aromatic N) is 1. The molecule has 0 aromatic carbocycles. The summed E-state index contributed by atoms with van der Waals surface area (Å²) in [4.78, 5) is 2.42. The molecule has 1 N–H and O–H groups in total. The highest BCUT2D eigenvalue weighted by molar-refractivity contribution is 4.77. The molecule has 0 spiro atoms. The minimum Gasteiger partial charge on any atom is -0.395 e. The van der Waals surface area contributed by atoms with Gasteiger partial charge in [0.05, 0.1) is 19.8 Å². The quantitative estimate of drug-likeness (QED) is 0.589. The van der Waals surface area contributed by atoms with Gasteiger partial charge in [-0.15, -0.1) is 0 Å². The van der Waals surface area contributed by atoms with Crippen molar-refractivity contribution in [3.05, 3.63) is 0 Å². The van der Waals surface area contributed by atoms with Crippen LogP contribution in [0.25, 0.3) is 0 Å². The molecule has 1 rings (SSSR count). The first-order valence-electron chi connectivity index (χ1n) is 6.80. The fourth-order valence-corrected chi connectivity index (χ4v) is 2.49. The molecule has 0 bridgehead atoms. The minimum absolute atomic E-state index is 0.265. The normalized spacial score (nSPS) is 17.1. The predicted octanol–water partition coefficient (Wildman–Crippen LogP) is 1.28. The Bertz CT molecular complexity index is 172. The van der Waals surface area contributed by atoms with Crippen molar-refractivity contribution in [2.45, 2.75) is 38.1 Å². The Kier molecular flexibility index (Phi) is 8.61. The van der Waals surface area contributed by atoms with Gasteiger partial charge in [-0.25, -0.2) is 0 Å². The van der Waals surface area contributed by atoms with E-state index in [0.29, 0.717) is 19.3 Å². The second kappa shape index (κ2) is 9.83. The first kappa shape index (κ1) is 14.9. The molecule has 17 heavy (non-hydrogen) atoms. The van der Waals surface area contributed by atoms with E-state index >= 15 is 0 Å². The number of aliphatic hydroxyl groups is 1. The zero-order chi connectivity index (χ0) is 12.3. The van der Waals surface area contributed by atoms with E-state index in [1.807, 2.05) is 0 Å². The maximum absolute atomic E-state index is 9.08. The number of ether oxygens (including phenoxy) is 2. The van der Waals surface area contributed by atoms with Crippen LogP contribution < -0.4 is 0 Å². The maximum atomic E-state index is 9.08. The molecule has 1 saturated carbocycles. The molecular formula is C13H27NO3. The van der Waals surface area contributed by atoms with Crippen molar-refractivity contribution in [2.24, 2.45) is 0 Å². The van der Waals surface area contributed by atoms with Crippen LogP contribution in [0, 0.1) is 0 Å². The third-order valence-corrected chi connectivity index (χ3v) is 3.39. The summed E-state index contributed by atoms with van der Waals surface area (Å²) in [5, 5.41) is 9.08. The molecule has 1 aliphatic rings. The van der Waals surface area contributed by atoms with Crippen molar-refractivity contribution >= 4 is 0 Å². The summed E-state index contributed by atoms with van der Waals surface area (Å²) >= 11 is 0. The number of hydrogen-bond acceptors (Lipinski definition) is 4. The lowest BCUT2D eigenvalue weighted by Gasteiger charge is -2.27. The number of hydrogen-bond donors (Lipinski definition) is 1. The highest BCUT2D eigenvalue weighted by atomic mass is 16.5. The fourth-order valence-electron chi connectivity index (χ4n) is 2.49. The monoisotopic (exact) mass is 245 g/mol. The molecule has 1 aliphatic carbocycles. The van der Waals surface area contributed by atoms with Gasteiger partial charge in [-0.2, -0.15) is 0 Å². The van der Waals surface area contributed by atoms with Crippen LogP contribution in [0.1, 0.15) is 32.1 Å². The summed E-state index contributed by atoms with van der Waals surface area (Å²) in [6.07, 6.45) is 6.32. The molecule has 1 fully saturated rings. The highest BCUT2D eigenvalue weighted by Crippen LogP contribution is 2.23. The summed E-state index contributed by atoms with van der Waals surface area (Å²) in [5.74, 6) is 0. The van der Waals surface area contributed by atoms with Crippen LogP contribution in [-0.4, -0.2) is 62.7 Å². The highest BCUT2D eigenvalue weighted by Gasteiger charge is 2.21. The van der Waals surface area contributed by atoms with Crippen molar-refractivity contribution in [3.63, 3.8) is 0 Å². The van der Waals surface area contributed by atoms with Crippen molar-refractivity contribution in [1.82, 2.24) is 4.90 Å². The third kappa shape index (κ3) is 6.36. The number of aliphatic hydroxyl groups excluding tert-OH is 1. The smallest absolute Gasteiger partial charge is 0.0700 e. The van der Waals surface area contributed by atoms with Crippen LogP contribution in [0.15, 0.2) is 0 Å². The van der Waals surface area contributed by atoms with Crippen LogP contribution >= 0.6 is 0 Å². The second-order valence-corrected chi connectivity index (χ2v) is 4.66. The molecule has 102 valence electrons. The molecule has 0 atom stereocenters. The molecule has 0 amide bonds. The van der Waals surface area contributed by atoms with E-state index in [1.54, 1.807) is 7.11 Å². The van der Waals surface area contributed by atoms with Gasteiger partial charge in [0, 0.05) is 32.8 Å². The molecule has 0 unspecified atom stereocenters. The Morgan fingerprint density at radius 2 is 1.88 bits per heavy atom. The summed E-state index contributed by atoms with van der Waals surface area (Å²) in [6, 6.07) is 0.695. The average Bonchev–Trinajstić information content (AvgIpc) is 2.86. The minimum atomic E-state index is 0.265. The summed E-state index contributed by atoms with van der Waals surface area (Å²) < 4.78 is 10.4. The van der Waals surface area contributed by atoms with Gasteiger partial charge in [-0.3, -0.25) is 4.90 Å². The largest absolute Gasteiger partial charge is 0.395 e. The standard InChI is InChI=1S/C13H27NO3/c1-16-11-12-17-10-4-7-14(8-9-15)13-5-2-3-6-13/h13,15H,2-12H2,1H3. The summed E-state index contributed by atoms with van der Waals surface area (Å²) in [7, 11) is 1.69. The zero-order valence-corrected chi connectivity index (χ0v) is 11.1. The molecule has 4 heteroatoms. The van der Waals surface area contributed by atoms with Crippen molar-refractivity contribution in [1.29, 1.82) is 0 Å². The van der Waals surface area contributed by atoms with E-state index in [0.717, 1.165) is 26.1 Å². The fraction of sp³-hybridized carbons (Fsp3) is 1.00. The van der Waals surface area contributed by atoms with E-state index in [1.165, 1.54) is 25.7 Å². The van der Waals surface area contributed by atoms with Gasteiger partial charge in [-0.05, 0) is 19.3 Å². The first-order valence-corrected chi connectivity index (χ1v) is 6.80. The first-order chi connectivity index (χ1) is 8.38. The van der Waals surface area contributed by atoms with Gasteiger partial charge >= 0.3 is 0 Å². The molecule has 0 aliphatic heterocycles. The number of methoxy groups -OCH3 is 1. The van der Waals surface area contributed by atoms with Gasteiger partial charge in [0.1, 0.15) is 0 Å². The molecular weight excluding hydrogens is 218 g/mol. The molecule has 0 radical (unpaired) electrons. The Morgan fingerprint density at radius 1 is 1.12 bits per heavy atom. The topological polar surface area (TPSA) is 41.9 Å². The molecule has 4 nitrogen and oxygen atoms in total. The van der Waals surface area contributed by atoms with Crippen LogP contribution in [0.4, 0.5) is 0 Å². The van der Waals surface area contributed by atoms with Crippen molar-refractivity contribution < 1.29 is 14.6 Å². The lowest BCUT2D eigenvalue weighted by Crippen LogP contribution is -2.36. The van der Waals surface area contributed by atoms with Crippen molar-refractivity contribution in [2.75, 3.05) is 46.6 Å². The van der Waals surface area contributed by atoms with Crippen LogP contribution in [0.2, 0.25) is 0 Å². The Morgan fingerprint density at radius 3 is 2.53 bits per heavy atom. The second-order valence-electron chi connectivity index (χ2n) is 4.66. The molecule has 0 aromatic rings. The van der Waals surface area contributed by atoms with E-state index in [4.69, 9.17) is 14.6 Å². The molecule has 0 heterocycles. The number of rotatable bonds is 10. The Balaban J connectivity index is 2.07. The maximum Gasteiger partial charge on any atom is 0.0700 e. The zero-order valence-electron chi connectivity index (χ0n) is 11.1. The lowest BCUT2D eigenvalue weighted by atomic mass is 10.2. The van der Waals surface area contributed by atoms with Crippen LogP contribution in [-0.2, 0) is 9.47 Å². The Hall–Kier alpha value is -0.160. The average molecular weight is 245 g/mol.